The zero-order valence-corrected chi connectivity index (χ0v) is 14.1. The fourth-order valence-electron chi connectivity index (χ4n) is 1.73. The summed E-state index contributed by atoms with van der Waals surface area (Å²) < 4.78 is 20.7. The Morgan fingerprint density at radius 2 is 1.36 bits per heavy atom. The van der Waals surface area contributed by atoms with Crippen LogP contribution >= 0.6 is 0 Å². The molecule has 2 amide bonds. The first-order valence-electron chi connectivity index (χ1n) is 7.96. The van der Waals surface area contributed by atoms with Crippen LogP contribution in [0.1, 0.15) is 19.3 Å². The molecule has 0 aromatic carbocycles. The molecule has 0 spiro atoms. The minimum Gasteiger partial charge on any atom is -0.378 e. The maximum absolute atomic E-state index is 11.4. The van der Waals surface area contributed by atoms with Gasteiger partial charge in [-0.05, 0) is 0 Å². The Bertz CT molecular complexity index is 457. The number of ether oxygens (including phenoxy) is 4. The smallest absolute Gasteiger partial charge is 0.358 e. The number of hydrogen-bond donors (Lipinski definition) is 0. The van der Waals surface area contributed by atoms with Gasteiger partial charge in [-0.15, -0.1) is 17.4 Å². The lowest BCUT2D eigenvalue weighted by Gasteiger charge is -2.12. The van der Waals surface area contributed by atoms with E-state index < -0.39 is 17.8 Å². The van der Waals surface area contributed by atoms with Crippen LogP contribution in [0.15, 0.2) is 0 Å². The molecule has 0 atom stereocenters. The van der Waals surface area contributed by atoms with Gasteiger partial charge in [-0.3, -0.25) is 9.59 Å². The van der Waals surface area contributed by atoms with Gasteiger partial charge in [0, 0.05) is 19.3 Å². The number of carbonyl (C=O) groups excluding carboxylic acids is 3. The summed E-state index contributed by atoms with van der Waals surface area (Å²) in [7, 11) is 0. The summed E-state index contributed by atoms with van der Waals surface area (Å²) in [6.07, 6.45) is 5.78. The number of rotatable bonds is 14. The van der Waals surface area contributed by atoms with Gasteiger partial charge in [0.05, 0.1) is 46.2 Å². The minimum atomic E-state index is -0.809. The molecule has 0 aliphatic carbocycles. The van der Waals surface area contributed by atoms with E-state index in [-0.39, 0.29) is 32.7 Å². The third-order valence-corrected chi connectivity index (χ3v) is 2.93. The van der Waals surface area contributed by atoms with Crippen molar-refractivity contribution < 1.29 is 38.2 Å². The number of carbonyl (C=O) groups is 3. The van der Waals surface area contributed by atoms with Gasteiger partial charge in [-0.2, -0.15) is 0 Å². The predicted molar refractivity (Wildman–Crippen MR) is 83.9 cm³/mol. The predicted octanol–water partition coefficient (Wildman–Crippen LogP) is -0.317. The van der Waals surface area contributed by atoms with Crippen LogP contribution in [-0.4, -0.2) is 75.7 Å². The first kappa shape index (κ1) is 21.1. The molecule has 140 valence electrons. The van der Waals surface area contributed by atoms with Gasteiger partial charge < -0.3 is 23.8 Å². The number of nitrogens with zero attached hydrogens (tertiary/aromatic N) is 1. The van der Waals surface area contributed by atoms with Gasteiger partial charge in [0.25, 0.3) is 11.8 Å². The highest BCUT2D eigenvalue weighted by molar-refractivity contribution is 6.01. The Morgan fingerprint density at radius 3 is 1.88 bits per heavy atom. The van der Waals surface area contributed by atoms with Crippen molar-refractivity contribution in [3.63, 3.8) is 0 Å². The van der Waals surface area contributed by atoms with Gasteiger partial charge in [0.1, 0.15) is 6.61 Å². The van der Waals surface area contributed by atoms with Gasteiger partial charge in [0.2, 0.25) is 0 Å². The lowest BCUT2D eigenvalue weighted by Crippen LogP contribution is -2.33. The van der Waals surface area contributed by atoms with Gasteiger partial charge in [-0.1, -0.05) is 0 Å². The molecule has 9 nitrogen and oxygen atoms in total. The summed E-state index contributed by atoms with van der Waals surface area (Å²) in [5.41, 5.74) is 0. The normalized spacial score (nSPS) is 14.0. The molecule has 1 rings (SSSR count). The van der Waals surface area contributed by atoms with Crippen molar-refractivity contribution in [2.24, 2.45) is 0 Å². The van der Waals surface area contributed by atoms with E-state index in [1.807, 2.05) is 0 Å². The van der Waals surface area contributed by atoms with Crippen molar-refractivity contribution in [3.8, 4) is 12.3 Å². The third-order valence-electron chi connectivity index (χ3n) is 2.93. The molecule has 1 heterocycles. The Morgan fingerprint density at radius 1 is 0.880 bits per heavy atom. The lowest BCUT2D eigenvalue weighted by atomic mass is 10.4. The van der Waals surface area contributed by atoms with Crippen molar-refractivity contribution in [2.45, 2.75) is 19.3 Å². The van der Waals surface area contributed by atoms with Gasteiger partial charge >= 0.3 is 5.97 Å². The highest BCUT2D eigenvalue weighted by atomic mass is 16.7. The monoisotopic (exact) mass is 357 g/mol. The molecule has 1 fully saturated rings. The molecule has 0 aromatic heterocycles. The highest BCUT2D eigenvalue weighted by Crippen LogP contribution is 2.11. The van der Waals surface area contributed by atoms with Crippen molar-refractivity contribution in [1.29, 1.82) is 0 Å². The van der Waals surface area contributed by atoms with E-state index in [0.717, 1.165) is 0 Å². The molecule has 25 heavy (non-hydrogen) atoms. The number of amides is 2. The Kier molecular flexibility index (Phi) is 11.2. The molecular weight excluding hydrogens is 334 g/mol. The molecule has 0 radical (unpaired) electrons. The largest absolute Gasteiger partial charge is 0.378 e. The first-order chi connectivity index (χ1) is 12.1. The molecule has 0 saturated carbocycles. The van der Waals surface area contributed by atoms with Crippen LogP contribution in [-0.2, 0) is 38.2 Å². The number of terminal acetylenes is 1. The Labute approximate surface area is 146 Å². The van der Waals surface area contributed by atoms with Crippen LogP contribution in [0.25, 0.3) is 0 Å². The third kappa shape index (κ3) is 9.79. The van der Waals surface area contributed by atoms with Crippen LogP contribution in [0.2, 0.25) is 0 Å². The Balaban J connectivity index is 1.85. The van der Waals surface area contributed by atoms with Gasteiger partial charge in [-0.25, -0.2) is 4.79 Å². The number of hydrogen-bond acceptors (Lipinski definition) is 8. The zero-order valence-electron chi connectivity index (χ0n) is 14.1. The number of imide groups is 1. The fourth-order valence-corrected chi connectivity index (χ4v) is 1.73. The van der Waals surface area contributed by atoms with E-state index in [9.17, 15) is 14.4 Å². The highest BCUT2D eigenvalue weighted by Gasteiger charge is 2.32. The second kappa shape index (κ2) is 13.3. The minimum absolute atomic E-state index is 0.0555. The summed E-state index contributed by atoms with van der Waals surface area (Å²) in [5, 5.41) is 0.482. The summed E-state index contributed by atoms with van der Waals surface area (Å²) in [5.74, 6) is 0.615. The van der Waals surface area contributed by atoms with Crippen molar-refractivity contribution >= 4 is 17.8 Å². The van der Waals surface area contributed by atoms with Crippen LogP contribution < -0.4 is 0 Å². The molecule has 1 saturated heterocycles. The first-order valence-corrected chi connectivity index (χ1v) is 7.96. The molecular formula is C16H23NO8. The maximum Gasteiger partial charge on any atom is 0.358 e. The molecule has 0 bridgehead atoms. The molecule has 1 aliphatic heterocycles. The van der Waals surface area contributed by atoms with E-state index in [4.69, 9.17) is 25.4 Å². The number of hydroxylamine groups is 2. The van der Waals surface area contributed by atoms with E-state index in [0.29, 0.717) is 44.5 Å². The summed E-state index contributed by atoms with van der Waals surface area (Å²) in [4.78, 5) is 38.5. The quantitative estimate of drug-likeness (QED) is 0.237. The SMILES string of the molecule is C#CCCOCCOCCOCCOCC(=O)ON1C(=O)CCC1=O. The molecule has 0 aromatic rings. The lowest BCUT2D eigenvalue weighted by molar-refractivity contribution is -0.200. The summed E-state index contributed by atoms with van der Waals surface area (Å²) in [6.45, 7) is 2.35. The molecule has 0 unspecified atom stereocenters. The van der Waals surface area contributed by atoms with E-state index in [1.54, 1.807) is 0 Å². The van der Waals surface area contributed by atoms with Crippen molar-refractivity contribution in [2.75, 3.05) is 52.9 Å². The average Bonchev–Trinajstić information content (AvgIpc) is 2.91. The molecule has 1 aliphatic rings. The molecule has 0 N–H and O–H groups in total. The summed E-state index contributed by atoms with van der Waals surface area (Å²) >= 11 is 0. The topological polar surface area (TPSA) is 101 Å². The second-order valence-electron chi connectivity index (χ2n) is 4.89. The van der Waals surface area contributed by atoms with Crippen molar-refractivity contribution in [1.82, 2.24) is 5.06 Å². The van der Waals surface area contributed by atoms with Crippen molar-refractivity contribution in [3.05, 3.63) is 0 Å². The zero-order chi connectivity index (χ0) is 18.3. The van der Waals surface area contributed by atoms with Crippen LogP contribution in [0, 0.1) is 12.3 Å². The van der Waals surface area contributed by atoms with Gasteiger partial charge in [0.15, 0.2) is 0 Å². The van der Waals surface area contributed by atoms with E-state index in [2.05, 4.69) is 10.8 Å². The standard InChI is InChI=1S/C16H23NO8/c1-2-3-6-21-7-8-22-9-10-23-11-12-24-13-16(20)25-17-14(18)4-5-15(17)19/h1H,3-13H2. The molecule has 9 heteroatoms. The van der Waals surface area contributed by atoms with Crippen LogP contribution in [0.4, 0.5) is 0 Å². The van der Waals surface area contributed by atoms with E-state index in [1.165, 1.54) is 0 Å². The second-order valence-corrected chi connectivity index (χ2v) is 4.89. The van der Waals surface area contributed by atoms with E-state index >= 15 is 0 Å². The van der Waals surface area contributed by atoms with Crippen LogP contribution in [0.5, 0.6) is 0 Å². The van der Waals surface area contributed by atoms with Crippen LogP contribution in [0.3, 0.4) is 0 Å². The fraction of sp³-hybridized carbons (Fsp3) is 0.688. The average molecular weight is 357 g/mol. The maximum atomic E-state index is 11.4. The summed E-state index contributed by atoms with van der Waals surface area (Å²) in [6, 6.07) is 0. The Hall–Kier alpha value is -1.99.